The number of phenolic OH excluding ortho intramolecular Hbond substituents is 2. The first-order chi connectivity index (χ1) is 7.05. The smallest absolute Gasteiger partial charge is 0.423 e. The first kappa shape index (κ1) is 12.5. The summed E-state index contributed by atoms with van der Waals surface area (Å²) >= 11 is 0. The van der Waals surface area contributed by atoms with Gasteiger partial charge in [-0.15, -0.1) is 0 Å². The van der Waals surface area contributed by atoms with Crippen molar-refractivity contribution in [3.8, 4) is 11.5 Å². The number of hydrogen-bond donors (Lipinski definition) is 2. The zero-order valence-electron chi connectivity index (χ0n) is 7.32. The van der Waals surface area contributed by atoms with Crippen molar-refractivity contribution in [1.82, 2.24) is 0 Å². The van der Waals surface area contributed by atoms with E-state index in [4.69, 9.17) is 10.2 Å². The van der Waals surface area contributed by atoms with Gasteiger partial charge >= 0.3 is 12.4 Å². The second kappa shape index (κ2) is 3.46. The molecule has 0 bridgehead atoms. The van der Waals surface area contributed by atoms with Crippen LogP contribution in [0.2, 0.25) is 0 Å². The number of halogens is 6. The van der Waals surface area contributed by atoms with Crippen molar-refractivity contribution >= 4 is 0 Å². The van der Waals surface area contributed by atoms with E-state index in [2.05, 4.69) is 0 Å². The molecule has 0 aliphatic carbocycles. The Bertz CT molecular complexity index is 406. The third-order valence-corrected chi connectivity index (χ3v) is 1.74. The Morgan fingerprint density at radius 1 is 0.812 bits per heavy atom. The molecule has 0 fully saturated rings. The Kier molecular flexibility index (Phi) is 2.70. The van der Waals surface area contributed by atoms with Crippen LogP contribution in [0.1, 0.15) is 11.1 Å². The molecule has 0 aliphatic rings. The molecular formula is C8H4F6O2. The van der Waals surface area contributed by atoms with E-state index in [0.29, 0.717) is 0 Å². The number of rotatable bonds is 0. The topological polar surface area (TPSA) is 40.5 Å². The first-order valence-electron chi connectivity index (χ1n) is 3.74. The zero-order valence-corrected chi connectivity index (χ0v) is 7.32. The molecule has 0 aliphatic heterocycles. The van der Waals surface area contributed by atoms with Crippen LogP contribution in [-0.4, -0.2) is 10.2 Å². The highest BCUT2D eigenvalue weighted by atomic mass is 19.4. The number of phenols is 2. The second-order valence-electron chi connectivity index (χ2n) is 2.85. The lowest BCUT2D eigenvalue weighted by Crippen LogP contribution is -2.11. The van der Waals surface area contributed by atoms with Gasteiger partial charge in [-0.1, -0.05) is 0 Å². The summed E-state index contributed by atoms with van der Waals surface area (Å²) < 4.78 is 73.0. The Morgan fingerprint density at radius 2 is 1.31 bits per heavy atom. The molecule has 0 amide bonds. The summed E-state index contributed by atoms with van der Waals surface area (Å²) in [7, 11) is 0. The Labute approximate surface area is 84.7 Å². The third-order valence-electron chi connectivity index (χ3n) is 1.74. The van der Waals surface area contributed by atoms with Gasteiger partial charge in [-0.25, -0.2) is 0 Å². The number of alkyl halides is 6. The predicted molar refractivity (Wildman–Crippen MR) is 39.8 cm³/mol. The van der Waals surface area contributed by atoms with Crippen molar-refractivity contribution in [2.45, 2.75) is 12.4 Å². The van der Waals surface area contributed by atoms with Gasteiger partial charge in [0.15, 0.2) is 0 Å². The molecule has 1 rings (SSSR count). The summed E-state index contributed by atoms with van der Waals surface area (Å²) in [6.45, 7) is 0. The van der Waals surface area contributed by atoms with Gasteiger partial charge in [0, 0.05) is 0 Å². The first-order valence-corrected chi connectivity index (χ1v) is 3.74. The molecule has 2 nitrogen and oxygen atoms in total. The van der Waals surface area contributed by atoms with Gasteiger partial charge in [0.25, 0.3) is 0 Å². The van der Waals surface area contributed by atoms with E-state index in [1.807, 2.05) is 0 Å². The highest BCUT2D eigenvalue weighted by Gasteiger charge is 2.43. The predicted octanol–water partition coefficient (Wildman–Crippen LogP) is 3.14. The van der Waals surface area contributed by atoms with E-state index in [-0.39, 0.29) is 12.1 Å². The summed E-state index contributed by atoms with van der Waals surface area (Å²) in [5.41, 5.74) is -3.94. The van der Waals surface area contributed by atoms with Gasteiger partial charge in [0.2, 0.25) is 0 Å². The largest absolute Gasteiger partial charge is 0.507 e. The van der Waals surface area contributed by atoms with Crippen LogP contribution in [-0.2, 0) is 12.4 Å². The van der Waals surface area contributed by atoms with Crippen molar-refractivity contribution in [3.05, 3.63) is 23.3 Å². The minimum absolute atomic E-state index is 0.167. The van der Waals surface area contributed by atoms with Gasteiger partial charge in [0.05, 0.1) is 5.56 Å². The standard InChI is InChI=1S/C8H4F6O2/c9-7(10,11)3-1-2-4(15)5(6(3)16)8(12,13)14/h1-2,15-16H. The number of aromatic hydroxyl groups is 2. The van der Waals surface area contributed by atoms with Crippen LogP contribution < -0.4 is 0 Å². The molecule has 0 saturated carbocycles. The van der Waals surface area contributed by atoms with E-state index in [9.17, 15) is 26.3 Å². The monoisotopic (exact) mass is 246 g/mol. The van der Waals surface area contributed by atoms with Gasteiger partial charge in [-0.3, -0.25) is 0 Å². The highest BCUT2D eigenvalue weighted by molar-refractivity contribution is 5.51. The van der Waals surface area contributed by atoms with Gasteiger partial charge in [-0.2, -0.15) is 26.3 Å². The second-order valence-corrected chi connectivity index (χ2v) is 2.85. The van der Waals surface area contributed by atoms with Crippen LogP contribution >= 0.6 is 0 Å². The average molecular weight is 246 g/mol. The van der Waals surface area contributed by atoms with Crippen LogP contribution in [0, 0.1) is 0 Å². The maximum Gasteiger partial charge on any atom is 0.423 e. The van der Waals surface area contributed by atoms with E-state index < -0.39 is 35.0 Å². The van der Waals surface area contributed by atoms with Crippen molar-refractivity contribution in [2.24, 2.45) is 0 Å². The van der Waals surface area contributed by atoms with E-state index in [1.165, 1.54) is 0 Å². The van der Waals surface area contributed by atoms with Gasteiger partial charge < -0.3 is 10.2 Å². The van der Waals surface area contributed by atoms with E-state index in [0.717, 1.165) is 0 Å². The normalized spacial score (nSPS) is 12.9. The zero-order chi connectivity index (χ0) is 12.7. The molecule has 0 atom stereocenters. The summed E-state index contributed by atoms with van der Waals surface area (Å²) in [6.07, 6.45) is -10.4. The number of benzene rings is 1. The Morgan fingerprint density at radius 3 is 1.69 bits per heavy atom. The molecule has 16 heavy (non-hydrogen) atoms. The SMILES string of the molecule is Oc1ccc(C(F)(F)F)c(O)c1C(F)(F)F. The van der Waals surface area contributed by atoms with Crippen molar-refractivity contribution in [3.63, 3.8) is 0 Å². The number of hydrogen-bond acceptors (Lipinski definition) is 2. The maximum atomic E-state index is 12.2. The fraction of sp³-hybridized carbons (Fsp3) is 0.250. The van der Waals surface area contributed by atoms with Crippen molar-refractivity contribution < 1.29 is 36.6 Å². The molecule has 8 heteroatoms. The molecule has 1 aromatic carbocycles. The molecule has 1 aromatic rings. The van der Waals surface area contributed by atoms with E-state index in [1.54, 1.807) is 0 Å². The van der Waals surface area contributed by atoms with Crippen LogP contribution in [0.25, 0.3) is 0 Å². The molecule has 0 unspecified atom stereocenters. The summed E-state index contributed by atoms with van der Waals surface area (Å²) in [4.78, 5) is 0. The lowest BCUT2D eigenvalue weighted by Gasteiger charge is -2.15. The molecule has 90 valence electrons. The van der Waals surface area contributed by atoms with Crippen LogP contribution in [0.15, 0.2) is 12.1 Å². The summed E-state index contributed by atoms with van der Waals surface area (Å²) in [5.74, 6) is -3.49. The van der Waals surface area contributed by atoms with Gasteiger partial charge in [-0.05, 0) is 12.1 Å². The molecule has 0 aromatic heterocycles. The fourth-order valence-corrected chi connectivity index (χ4v) is 1.09. The molecule has 0 spiro atoms. The van der Waals surface area contributed by atoms with Crippen molar-refractivity contribution in [1.29, 1.82) is 0 Å². The molecule has 0 heterocycles. The minimum Gasteiger partial charge on any atom is -0.507 e. The van der Waals surface area contributed by atoms with Crippen LogP contribution in [0.5, 0.6) is 11.5 Å². The Hall–Kier alpha value is -1.60. The minimum atomic E-state index is -5.27. The molecule has 2 N–H and O–H groups in total. The molecule has 0 radical (unpaired) electrons. The summed E-state index contributed by atoms with van der Waals surface area (Å²) in [5, 5.41) is 17.6. The fourth-order valence-electron chi connectivity index (χ4n) is 1.09. The van der Waals surface area contributed by atoms with Crippen LogP contribution in [0.3, 0.4) is 0 Å². The third kappa shape index (κ3) is 2.15. The highest BCUT2D eigenvalue weighted by Crippen LogP contribution is 2.47. The van der Waals surface area contributed by atoms with Crippen molar-refractivity contribution in [2.75, 3.05) is 0 Å². The van der Waals surface area contributed by atoms with E-state index >= 15 is 0 Å². The molecular weight excluding hydrogens is 242 g/mol. The maximum absolute atomic E-state index is 12.2. The van der Waals surface area contributed by atoms with Gasteiger partial charge in [0.1, 0.15) is 17.1 Å². The summed E-state index contributed by atoms with van der Waals surface area (Å²) in [6, 6.07) is 0.394. The van der Waals surface area contributed by atoms with Crippen LogP contribution in [0.4, 0.5) is 26.3 Å². The average Bonchev–Trinajstić information content (AvgIpc) is 1.97. The Balaban J connectivity index is 3.52. The lowest BCUT2D eigenvalue weighted by atomic mass is 10.1. The molecule has 0 saturated heterocycles. The lowest BCUT2D eigenvalue weighted by molar-refractivity contribution is -0.146. The quantitative estimate of drug-likeness (QED) is 0.690.